The molecule has 0 unspecified atom stereocenters. The van der Waals surface area contributed by atoms with Crippen LogP contribution in [0.2, 0.25) is 0 Å². The zero-order valence-corrected chi connectivity index (χ0v) is 12.0. The first-order valence-electron chi connectivity index (χ1n) is 7.22. The van der Waals surface area contributed by atoms with Gasteiger partial charge in [0.1, 0.15) is 0 Å². The Morgan fingerprint density at radius 2 is 2.00 bits per heavy atom. The molecule has 0 aromatic heterocycles. The molecule has 1 aliphatic rings. The van der Waals surface area contributed by atoms with Crippen LogP contribution in [0.15, 0.2) is 24.3 Å². The number of hydrogen-bond acceptors (Lipinski definition) is 2. The molecule has 1 amide bonds. The van der Waals surface area contributed by atoms with Gasteiger partial charge in [0.2, 0.25) is 0 Å². The summed E-state index contributed by atoms with van der Waals surface area (Å²) in [7, 11) is 3.97. The first kappa shape index (κ1) is 13.9. The number of rotatable bonds is 4. The molecule has 2 rings (SSSR count). The second kappa shape index (κ2) is 6.60. The van der Waals surface area contributed by atoms with Crippen LogP contribution in [0.1, 0.15) is 42.5 Å². The van der Waals surface area contributed by atoms with Gasteiger partial charge in [0.05, 0.1) is 0 Å². The number of benzene rings is 1. The molecule has 1 fully saturated rings. The topological polar surface area (TPSA) is 32.3 Å². The summed E-state index contributed by atoms with van der Waals surface area (Å²) in [5.41, 5.74) is 1.81. The predicted molar refractivity (Wildman–Crippen MR) is 79.7 cm³/mol. The van der Waals surface area contributed by atoms with E-state index in [4.69, 9.17) is 0 Å². The Balaban J connectivity index is 1.90. The zero-order chi connectivity index (χ0) is 13.7. The average Bonchev–Trinajstić information content (AvgIpc) is 2.46. The average molecular weight is 260 g/mol. The van der Waals surface area contributed by atoms with E-state index in [1.54, 1.807) is 0 Å². The van der Waals surface area contributed by atoms with Crippen LogP contribution in [-0.2, 0) is 0 Å². The summed E-state index contributed by atoms with van der Waals surface area (Å²) in [4.78, 5) is 14.1. The second-order valence-electron chi connectivity index (χ2n) is 5.66. The monoisotopic (exact) mass is 260 g/mol. The number of amides is 1. The molecule has 0 radical (unpaired) electrons. The molecule has 1 aromatic rings. The van der Waals surface area contributed by atoms with Gasteiger partial charge in [0.15, 0.2) is 0 Å². The zero-order valence-electron chi connectivity index (χ0n) is 12.0. The van der Waals surface area contributed by atoms with E-state index in [1.165, 1.54) is 32.1 Å². The van der Waals surface area contributed by atoms with E-state index in [2.05, 4.69) is 5.32 Å². The number of nitrogens with zero attached hydrogens (tertiary/aromatic N) is 1. The highest BCUT2D eigenvalue weighted by Crippen LogP contribution is 2.23. The lowest BCUT2D eigenvalue weighted by molar-refractivity contribution is 0.0943. The van der Waals surface area contributed by atoms with Crippen LogP contribution in [-0.4, -0.2) is 26.5 Å². The number of hydrogen-bond donors (Lipinski definition) is 1. The molecule has 0 saturated heterocycles. The molecule has 1 aliphatic carbocycles. The van der Waals surface area contributed by atoms with Gasteiger partial charge in [-0.2, -0.15) is 0 Å². The normalized spacial score (nSPS) is 16.1. The van der Waals surface area contributed by atoms with Gasteiger partial charge >= 0.3 is 0 Å². The number of anilines is 1. The van der Waals surface area contributed by atoms with Crippen LogP contribution >= 0.6 is 0 Å². The minimum absolute atomic E-state index is 0.0503. The smallest absolute Gasteiger partial charge is 0.251 e. The van der Waals surface area contributed by atoms with Gasteiger partial charge in [-0.3, -0.25) is 4.79 Å². The SMILES string of the molecule is CN(C)c1cccc(C(=O)NCC2CCCCC2)c1. The van der Waals surface area contributed by atoms with Crippen molar-refractivity contribution in [3.05, 3.63) is 29.8 Å². The summed E-state index contributed by atoms with van der Waals surface area (Å²) in [6, 6.07) is 7.77. The van der Waals surface area contributed by atoms with Gasteiger partial charge in [-0.1, -0.05) is 25.3 Å². The van der Waals surface area contributed by atoms with Crippen molar-refractivity contribution in [2.75, 3.05) is 25.5 Å². The highest BCUT2D eigenvalue weighted by molar-refractivity contribution is 5.95. The molecule has 0 bridgehead atoms. The largest absolute Gasteiger partial charge is 0.378 e. The summed E-state index contributed by atoms with van der Waals surface area (Å²) < 4.78 is 0. The quantitative estimate of drug-likeness (QED) is 0.902. The van der Waals surface area contributed by atoms with E-state index in [1.807, 2.05) is 43.3 Å². The Morgan fingerprint density at radius 3 is 2.68 bits per heavy atom. The molecule has 104 valence electrons. The fourth-order valence-corrected chi connectivity index (χ4v) is 2.66. The van der Waals surface area contributed by atoms with Crippen molar-refractivity contribution < 1.29 is 4.79 Å². The Hall–Kier alpha value is -1.51. The fraction of sp³-hybridized carbons (Fsp3) is 0.562. The van der Waals surface area contributed by atoms with Crippen molar-refractivity contribution >= 4 is 11.6 Å². The second-order valence-corrected chi connectivity index (χ2v) is 5.66. The van der Waals surface area contributed by atoms with Gasteiger partial charge in [0.25, 0.3) is 5.91 Å². The van der Waals surface area contributed by atoms with Crippen LogP contribution in [0.4, 0.5) is 5.69 Å². The van der Waals surface area contributed by atoms with Crippen molar-refractivity contribution in [1.82, 2.24) is 5.32 Å². The third kappa shape index (κ3) is 3.98. The number of carbonyl (C=O) groups is 1. The molecule has 0 atom stereocenters. The maximum Gasteiger partial charge on any atom is 0.251 e. The highest BCUT2D eigenvalue weighted by Gasteiger charge is 2.15. The molecular formula is C16H24N2O. The molecule has 0 heterocycles. The van der Waals surface area contributed by atoms with Crippen molar-refractivity contribution in [3.8, 4) is 0 Å². The summed E-state index contributed by atoms with van der Waals surface area (Å²) in [6.07, 6.45) is 6.51. The molecule has 0 aliphatic heterocycles. The van der Waals surface area contributed by atoms with Crippen molar-refractivity contribution in [3.63, 3.8) is 0 Å². The summed E-state index contributed by atoms with van der Waals surface area (Å²) in [5.74, 6) is 0.726. The Morgan fingerprint density at radius 1 is 1.26 bits per heavy atom. The third-order valence-corrected chi connectivity index (χ3v) is 3.90. The Kier molecular flexibility index (Phi) is 4.83. The van der Waals surface area contributed by atoms with Gasteiger partial charge in [-0.05, 0) is 37.0 Å². The molecule has 3 nitrogen and oxygen atoms in total. The first-order chi connectivity index (χ1) is 9.16. The maximum atomic E-state index is 12.1. The Bertz CT molecular complexity index is 423. The maximum absolute atomic E-state index is 12.1. The highest BCUT2D eigenvalue weighted by atomic mass is 16.1. The van der Waals surface area contributed by atoms with Crippen LogP contribution in [0.25, 0.3) is 0 Å². The summed E-state index contributed by atoms with van der Waals surface area (Å²) in [5, 5.41) is 3.08. The molecule has 3 heteroatoms. The first-order valence-corrected chi connectivity index (χ1v) is 7.22. The van der Waals surface area contributed by atoms with Crippen LogP contribution < -0.4 is 10.2 Å². The molecule has 0 spiro atoms. The Labute approximate surface area is 116 Å². The fourth-order valence-electron chi connectivity index (χ4n) is 2.66. The molecular weight excluding hydrogens is 236 g/mol. The van der Waals surface area contributed by atoms with Crippen molar-refractivity contribution in [2.24, 2.45) is 5.92 Å². The number of nitrogens with one attached hydrogen (secondary N) is 1. The minimum atomic E-state index is 0.0503. The third-order valence-electron chi connectivity index (χ3n) is 3.90. The van der Waals surface area contributed by atoms with Crippen molar-refractivity contribution in [1.29, 1.82) is 0 Å². The molecule has 1 N–H and O–H groups in total. The minimum Gasteiger partial charge on any atom is -0.378 e. The lowest BCUT2D eigenvalue weighted by Crippen LogP contribution is -2.30. The summed E-state index contributed by atoms with van der Waals surface area (Å²) in [6.45, 7) is 0.824. The van der Waals surface area contributed by atoms with Gasteiger partial charge < -0.3 is 10.2 Å². The van der Waals surface area contributed by atoms with Crippen molar-refractivity contribution in [2.45, 2.75) is 32.1 Å². The van der Waals surface area contributed by atoms with E-state index in [0.29, 0.717) is 5.92 Å². The summed E-state index contributed by atoms with van der Waals surface area (Å²) >= 11 is 0. The van der Waals surface area contributed by atoms with Gasteiger partial charge in [-0.15, -0.1) is 0 Å². The van der Waals surface area contributed by atoms with E-state index >= 15 is 0 Å². The van der Waals surface area contributed by atoms with E-state index in [-0.39, 0.29) is 5.91 Å². The van der Waals surface area contributed by atoms with Gasteiger partial charge in [0, 0.05) is 31.9 Å². The van der Waals surface area contributed by atoms with Crippen LogP contribution in [0, 0.1) is 5.92 Å². The predicted octanol–water partition coefficient (Wildman–Crippen LogP) is 3.06. The number of carbonyl (C=O) groups excluding carboxylic acids is 1. The molecule has 19 heavy (non-hydrogen) atoms. The molecule has 1 aromatic carbocycles. The standard InChI is InChI=1S/C16H24N2O/c1-18(2)15-10-6-9-14(11-15)16(19)17-12-13-7-4-3-5-8-13/h6,9-11,13H,3-5,7-8,12H2,1-2H3,(H,17,19). The van der Waals surface area contributed by atoms with Crippen LogP contribution in [0.5, 0.6) is 0 Å². The lowest BCUT2D eigenvalue weighted by atomic mass is 9.89. The molecule has 1 saturated carbocycles. The van der Waals surface area contributed by atoms with E-state index in [0.717, 1.165) is 17.8 Å². The van der Waals surface area contributed by atoms with E-state index in [9.17, 15) is 4.79 Å². The van der Waals surface area contributed by atoms with Crippen LogP contribution in [0.3, 0.4) is 0 Å². The lowest BCUT2D eigenvalue weighted by Gasteiger charge is -2.21. The van der Waals surface area contributed by atoms with E-state index < -0.39 is 0 Å². The van der Waals surface area contributed by atoms with Gasteiger partial charge in [-0.25, -0.2) is 0 Å².